The zero-order valence-electron chi connectivity index (χ0n) is 16.3. The summed E-state index contributed by atoms with van der Waals surface area (Å²) >= 11 is 5.79. The van der Waals surface area contributed by atoms with Crippen molar-refractivity contribution < 1.29 is 31.5 Å². The highest BCUT2D eigenvalue weighted by Gasteiger charge is 2.33. The van der Waals surface area contributed by atoms with Gasteiger partial charge in [-0.2, -0.15) is 4.99 Å². The standard InChI is InChI=1S/C18H16ClF5N6O2/c1-10(15(28-9-25)29-17-26-3-2-4-27-17)30(8-14(20)21)16(31)11-5-12(19)7-13(6-11)32-18(22,23)24/h2-7,9-10,14H,8H2,1H3,(H2,25,26,27,28,29). The van der Waals surface area contributed by atoms with Crippen LogP contribution in [0.25, 0.3) is 0 Å². The van der Waals surface area contributed by atoms with E-state index in [1.807, 2.05) is 0 Å². The van der Waals surface area contributed by atoms with Gasteiger partial charge in [0.25, 0.3) is 18.3 Å². The Kier molecular flexibility index (Phi) is 8.41. The molecule has 14 heteroatoms. The molecule has 0 fully saturated rings. The summed E-state index contributed by atoms with van der Waals surface area (Å²) in [6.45, 7) is 0.240. The molecule has 1 unspecified atom stereocenters. The Balaban J connectivity index is 2.46. The Morgan fingerprint density at radius 2 is 1.94 bits per heavy atom. The van der Waals surface area contributed by atoms with Crippen LogP contribution >= 0.6 is 11.6 Å². The number of carbonyl (C=O) groups is 1. The van der Waals surface area contributed by atoms with Gasteiger partial charge in [0.1, 0.15) is 5.75 Å². The number of amidine groups is 1. The van der Waals surface area contributed by atoms with Crippen molar-refractivity contribution >= 4 is 35.6 Å². The number of nitrogens with zero attached hydrogens (tertiary/aromatic N) is 5. The average Bonchev–Trinajstić information content (AvgIpc) is 2.69. The van der Waals surface area contributed by atoms with Crippen molar-refractivity contribution in [1.29, 1.82) is 0 Å². The van der Waals surface area contributed by atoms with Crippen LogP contribution in [0.4, 0.5) is 27.9 Å². The number of aromatic nitrogens is 2. The van der Waals surface area contributed by atoms with Crippen LogP contribution < -0.4 is 10.5 Å². The normalized spacial score (nSPS) is 13.4. The first-order chi connectivity index (χ1) is 15.0. The quantitative estimate of drug-likeness (QED) is 0.370. The number of ether oxygens (including phenoxy) is 1. The van der Waals surface area contributed by atoms with E-state index in [1.54, 1.807) is 0 Å². The molecule has 2 N–H and O–H groups in total. The molecule has 0 saturated carbocycles. The first-order valence-corrected chi connectivity index (χ1v) is 9.13. The number of carbonyl (C=O) groups excluding carboxylic acids is 1. The third-order valence-electron chi connectivity index (χ3n) is 3.76. The Morgan fingerprint density at radius 3 is 2.50 bits per heavy atom. The molecule has 0 aliphatic rings. The molecule has 1 aromatic heterocycles. The highest BCUT2D eigenvalue weighted by molar-refractivity contribution is 6.31. The minimum Gasteiger partial charge on any atom is -0.406 e. The lowest BCUT2D eigenvalue weighted by Crippen LogP contribution is -2.45. The first kappa shape index (κ1) is 24.9. The highest BCUT2D eigenvalue weighted by atomic mass is 35.5. The van der Waals surface area contributed by atoms with Crippen molar-refractivity contribution in [2.45, 2.75) is 25.8 Å². The third kappa shape index (κ3) is 7.41. The molecule has 0 bridgehead atoms. The zero-order valence-corrected chi connectivity index (χ0v) is 17.1. The van der Waals surface area contributed by atoms with Crippen LogP contribution in [-0.2, 0) is 0 Å². The van der Waals surface area contributed by atoms with E-state index in [9.17, 15) is 26.7 Å². The second kappa shape index (κ2) is 10.8. The highest BCUT2D eigenvalue weighted by Crippen LogP contribution is 2.28. The maximum Gasteiger partial charge on any atom is 0.573 e. The van der Waals surface area contributed by atoms with Gasteiger partial charge in [-0.1, -0.05) is 11.6 Å². The van der Waals surface area contributed by atoms with Crippen LogP contribution in [0.5, 0.6) is 5.75 Å². The van der Waals surface area contributed by atoms with Crippen molar-refractivity contribution in [1.82, 2.24) is 14.9 Å². The first-order valence-electron chi connectivity index (χ1n) is 8.75. The Bertz CT molecular complexity index is 988. The van der Waals surface area contributed by atoms with E-state index in [4.69, 9.17) is 17.3 Å². The molecular weight excluding hydrogens is 463 g/mol. The fourth-order valence-electron chi connectivity index (χ4n) is 2.51. The van der Waals surface area contributed by atoms with Gasteiger partial charge >= 0.3 is 6.36 Å². The molecule has 0 radical (unpaired) electrons. The molecule has 2 rings (SSSR count). The van der Waals surface area contributed by atoms with Crippen LogP contribution in [0.2, 0.25) is 5.02 Å². The number of halogens is 6. The summed E-state index contributed by atoms with van der Waals surface area (Å²) in [6.07, 6.45) is -4.46. The fourth-order valence-corrected chi connectivity index (χ4v) is 2.73. The minimum absolute atomic E-state index is 0.0759. The molecule has 2 aromatic rings. The van der Waals surface area contributed by atoms with Crippen molar-refractivity contribution in [2.75, 3.05) is 6.54 Å². The summed E-state index contributed by atoms with van der Waals surface area (Å²) in [5, 5.41) is -0.272. The van der Waals surface area contributed by atoms with Crippen molar-refractivity contribution in [3.05, 3.63) is 47.2 Å². The SMILES string of the molecule is CC(C(N=CN)=Nc1ncccn1)N(CC(F)F)C(=O)c1cc(Cl)cc(OC(F)(F)F)c1. The second-order valence-electron chi connectivity index (χ2n) is 6.04. The van der Waals surface area contributed by atoms with Crippen LogP contribution in [0, 0.1) is 0 Å². The van der Waals surface area contributed by atoms with Crippen LogP contribution in [0.15, 0.2) is 46.6 Å². The average molecular weight is 479 g/mol. The topological polar surface area (TPSA) is 106 Å². The number of hydrogen-bond donors (Lipinski definition) is 1. The largest absolute Gasteiger partial charge is 0.573 e. The third-order valence-corrected chi connectivity index (χ3v) is 3.98. The molecule has 0 saturated heterocycles. The van der Waals surface area contributed by atoms with Gasteiger partial charge < -0.3 is 15.4 Å². The van der Waals surface area contributed by atoms with Crippen molar-refractivity contribution in [2.24, 2.45) is 15.7 Å². The van der Waals surface area contributed by atoms with Gasteiger partial charge in [-0.15, -0.1) is 13.2 Å². The van der Waals surface area contributed by atoms with Gasteiger partial charge in [0.15, 0.2) is 5.84 Å². The van der Waals surface area contributed by atoms with E-state index < -0.39 is 42.6 Å². The molecule has 0 aliphatic heterocycles. The Hall–Kier alpha value is -3.35. The lowest BCUT2D eigenvalue weighted by Gasteiger charge is -2.28. The molecule has 0 spiro atoms. The van der Waals surface area contributed by atoms with E-state index in [0.29, 0.717) is 4.90 Å². The molecule has 8 nitrogen and oxygen atoms in total. The number of alkyl halides is 5. The van der Waals surface area contributed by atoms with Gasteiger partial charge in [0.2, 0.25) is 0 Å². The van der Waals surface area contributed by atoms with Crippen molar-refractivity contribution in [3.8, 4) is 5.75 Å². The van der Waals surface area contributed by atoms with E-state index >= 15 is 0 Å². The minimum atomic E-state index is -5.05. The molecule has 1 heterocycles. The molecule has 32 heavy (non-hydrogen) atoms. The molecule has 172 valence electrons. The molecule has 1 aromatic carbocycles. The predicted molar refractivity (Wildman–Crippen MR) is 106 cm³/mol. The lowest BCUT2D eigenvalue weighted by atomic mass is 10.1. The monoisotopic (exact) mass is 478 g/mol. The van der Waals surface area contributed by atoms with Crippen molar-refractivity contribution in [3.63, 3.8) is 0 Å². The summed E-state index contributed by atoms with van der Waals surface area (Å²) in [4.78, 5) is 29.2. The summed E-state index contributed by atoms with van der Waals surface area (Å²) in [7, 11) is 0. The van der Waals surface area contributed by atoms with Gasteiger partial charge in [-0.05, 0) is 31.2 Å². The number of aliphatic imine (C=N–C) groups is 2. The smallest absolute Gasteiger partial charge is 0.406 e. The van der Waals surface area contributed by atoms with E-state index in [0.717, 1.165) is 24.5 Å². The van der Waals surface area contributed by atoms with Gasteiger partial charge in [0, 0.05) is 23.0 Å². The number of amides is 1. The Morgan fingerprint density at radius 1 is 1.28 bits per heavy atom. The molecule has 1 amide bonds. The zero-order chi connectivity index (χ0) is 23.9. The van der Waals surface area contributed by atoms with Crippen LogP contribution in [-0.4, -0.2) is 58.3 Å². The lowest BCUT2D eigenvalue weighted by molar-refractivity contribution is -0.274. The number of nitrogens with two attached hydrogens (primary N) is 1. The molecule has 1 atom stereocenters. The summed E-state index contributed by atoms with van der Waals surface area (Å²) in [5.41, 5.74) is 4.88. The van der Waals surface area contributed by atoms with Gasteiger partial charge in [-0.3, -0.25) is 4.79 Å². The van der Waals surface area contributed by atoms with Gasteiger partial charge in [-0.25, -0.2) is 23.7 Å². The van der Waals surface area contributed by atoms with E-state index in [2.05, 4.69) is 24.7 Å². The predicted octanol–water partition coefficient (Wildman–Crippen LogP) is 3.84. The Labute approximate surface area is 183 Å². The maximum absolute atomic E-state index is 13.3. The number of benzene rings is 1. The maximum atomic E-state index is 13.3. The van der Waals surface area contributed by atoms with Crippen LogP contribution in [0.1, 0.15) is 17.3 Å². The number of rotatable bonds is 7. The molecule has 0 aliphatic carbocycles. The fraction of sp³-hybridized carbons (Fsp3) is 0.278. The molecular formula is C18H16ClF5N6O2. The second-order valence-corrected chi connectivity index (χ2v) is 6.48. The van der Waals surface area contributed by atoms with Gasteiger partial charge in [0.05, 0.1) is 18.9 Å². The van der Waals surface area contributed by atoms with E-state index in [-0.39, 0.29) is 16.8 Å². The summed E-state index contributed by atoms with van der Waals surface area (Å²) < 4.78 is 67.9. The number of hydrogen-bond acceptors (Lipinski definition) is 5. The summed E-state index contributed by atoms with van der Waals surface area (Å²) in [5.74, 6) is -2.12. The van der Waals surface area contributed by atoms with Crippen LogP contribution in [0.3, 0.4) is 0 Å². The summed E-state index contributed by atoms with van der Waals surface area (Å²) in [6, 6.07) is 2.88. The van der Waals surface area contributed by atoms with E-state index in [1.165, 1.54) is 25.4 Å².